The van der Waals surface area contributed by atoms with Gasteiger partial charge in [0.2, 0.25) is 0 Å². The number of carbonyl (C=O) groups is 1. The van der Waals surface area contributed by atoms with Crippen molar-refractivity contribution >= 4 is 22.3 Å². The van der Waals surface area contributed by atoms with Gasteiger partial charge in [-0.2, -0.15) is 0 Å². The van der Waals surface area contributed by atoms with Crippen LogP contribution in [0.2, 0.25) is 0 Å². The number of nitrogens with zero attached hydrogens (tertiary/aromatic N) is 2. The molecule has 0 aliphatic carbocycles. The molecule has 1 N–H and O–H groups in total. The van der Waals surface area contributed by atoms with Gasteiger partial charge in [0.05, 0.1) is 6.20 Å². The molecule has 0 unspecified atom stereocenters. The minimum Gasteiger partial charge on any atom is -0.477 e. The fourth-order valence-corrected chi connectivity index (χ4v) is 2.57. The standard InChI is InChI=1S/C10H12N2O2S/c1-10(2,3)7-5-15-9-11-4-6(8(13)14)12(7)9/h4-5H,1-3H3,(H,13,14). The van der Waals surface area contributed by atoms with E-state index in [4.69, 9.17) is 5.11 Å². The van der Waals surface area contributed by atoms with E-state index in [2.05, 4.69) is 25.8 Å². The maximum absolute atomic E-state index is 11.0. The molecule has 0 atom stereocenters. The smallest absolute Gasteiger partial charge is 0.354 e. The van der Waals surface area contributed by atoms with E-state index in [1.807, 2.05) is 5.38 Å². The Balaban J connectivity index is 2.76. The molecule has 2 aromatic heterocycles. The lowest BCUT2D eigenvalue weighted by Crippen LogP contribution is -2.16. The zero-order valence-electron chi connectivity index (χ0n) is 8.81. The van der Waals surface area contributed by atoms with E-state index < -0.39 is 5.97 Å². The second kappa shape index (κ2) is 3.06. The number of imidazole rings is 1. The molecule has 80 valence electrons. The van der Waals surface area contributed by atoms with Crippen molar-refractivity contribution in [1.82, 2.24) is 9.38 Å². The summed E-state index contributed by atoms with van der Waals surface area (Å²) in [7, 11) is 0. The highest BCUT2D eigenvalue weighted by Crippen LogP contribution is 2.28. The number of hydrogen-bond donors (Lipinski definition) is 1. The van der Waals surface area contributed by atoms with Crippen molar-refractivity contribution in [3.8, 4) is 0 Å². The Bertz CT molecular complexity index is 519. The van der Waals surface area contributed by atoms with E-state index in [9.17, 15) is 4.79 Å². The van der Waals surface area contributed by atoms with Crippen molar-refractivity contribution < 1.29 is 9.90 Å². The number of thiazole rings is 1. The highest BCUT2D eigenvalue weighted by Gasteiger charge is 2.23. The lowest BCUT2D eigenvalue weighted by Gasteiger charge is -2.17. The Labute approximate surface area is 91.2 Å². The fraction of sp³-hybridized carbons (Fsp3) is 0.400. The van der Waals surface area contributed by atoms with Gasteiger partial charge < -0.3 is 5.11 Å². The third-order valence-electron chi connectivity index (χ3n) is 2.23. The largest absolute Gasteiger partial charge is 0.477 e. The molecule has 0 saturated carbocycles. The van der Waals surface area contributed by atoms with Gasteiger partial charge in [-0.15, -0.1) is 11.3 Å². The summed E-state index contributed by atoms with van der Waals surface area (Å²) >= 11 is 1.47. The van der Waals surface area contributed by atoms with Crippen LogP contribution in [0.15, 0.2) is 11.6 Å². The summed E-state index contributed by atoms with van der Waals surface area (Å²) in [6, 6.07) is 0. The SMILES string of the molecule is CC(C)(C)c1csc2ncc(C(=O)O)n12. The summed E-state index contributed by atoms with van der Waals surface area (Å²) in [6.07, 6.45) is 1.41. The van der Waals surface area contributed by atoms with Gasteiger partial charge in [-0.1, -0.05) is 20.8 Å². The molecule has 0 fully saturated rings. The molecule has 2 aromatic rings. The van der Waals surface area contributed by atoms with Gasteiger partial charge in [0.1, 0.15) is 0 Å². The number of carboxylic acid groups (broad SMARTS) is 1. The molecule has 0 spiro atoms. The van der Waals surface area contributed by atoms with Crippen LogP contribution in [0.5, 0.6) is 0 Å². The summed E-state index contributed by atoms with van der Waals surface area (Å²) in [4.78, 5) is 15.8. The molecule has 0 aliphatic heterocycles. The van der Waals surface area contributed by atoms with Crippen LogP contribution in [0.3, 0.4) is 0 Å². The first-order valence-corrected chi connectivity index (χ1v) is 5.48. The Hall–Kier alpha value is -1.36. The second-order valence-corrected chi connectivity index (χ2v) is 5.27. The lowest BCUT2D eigenvalue weighted by molar-refractivity contribution is 0.0689. The maximum Gasteiger partial charge on any atom is 0.354 e. The molecule has 15 heavy (non-hydrogen) atoms. The zero-order chi connectivity index (χ0) is 11.2. The van der Waals surface area contributed by atoms with E-state index in [0.29, 0.717) is 0 Å². The number of aromatic nitrogens is 2. The monoisotopic (exact) mass is 224 g/mol. The summed E-state index contributed by atoms with van der Waals surface area (Å²) < 4.78 is 1.72. The molecule has 2 heterocycles. The highest BCUT2D eigenvalue weighted by molar-refractivity contribution is 7.15. The topological polar surface area (TPSA) is 54.6 Å². The van der Waals surface area contributed by atoms with E-state index in [1.165, 1.54) is 17.5 Å². The third kappa shape index (κ3) is 1.52. The molecule has 5 heteroatoms. The molecule has 0 saturated heterocycles. The predicted octanol–water partition coefficient (Wildman–Crippen LogP) is 2.39. The normalized spacial score (nSPS) is 12.2. The molecule has 0 radical (unpaired) electrons. The number of carboxylic acids is 1. The van der Waals surface area contributed by atoms with E-state index in [1.54, 1.807) is 4.40 Å². The van der Waals surface area contributed by atoms with Gasteiger partial charge in [0.15, 0.2) is 10.7 Å². The number of rotatable bonds is 1. The minimum atomic E-state index is -0.939. The number of hydrogen-bond acceptors (Lipinski definition) is 3. The fourth-order valence-electron chi connectivity index (χ4n) is 1.48. The average Bonchev–Trinajstić information content (AvgIpc) is 2.57. The van der Waals surface area contributed by atoms with Gasteiger partial charge in [-0.3, -0.25) is 4.40 Å². The van der Waals surface area contributed by atoms with E-state index >= 15 is 0 Å². The molecule has 0 aliphatic rings. The highest BCUT2D eigenvalue weighted by atomic mass is 32.1. The van der Waals surface area contributed by atoms with Gasteiger partial charge in [0, 0.05) is 16.5 Å². The Morgan fingerprint density at radius 2 is 2.20 bits per heavy atom. The van der Waals surface area contributed by atoms with Crippen LogP contribution >= 0.6 is 11.3 Å². The van der Waals surface area contributed by atoms with Crippen molar-refractivity contribution in [2.24, 2.45) is 0 Å². The van der Waals surface area contributed by atoms with Crippen LogP contribution in [0.4, 0.5) is 0 Å². The first-order valence-electron chi connectivity index (χ1n) is 4.60. The average molecular weight is 224 g/mol. The quantitative estimate of drug-likeness (QED) is 0.809. The minimum absolute atomic E-state index is 0.0802. The molecule has 0 bridgehead atoms. The van der Waals surface area contributed by atoms with Gasteiger partial charge in [-0.05, 0) is 0 Å². The van der Waals surface area contributed by atoms with Crippen LogP contribution < -0.4 is 0 Å². The Morgan fingerprint density at radius 3 is 2.73 bits per heavy atom. The molecular formula is C10H12N2O2S. The zero-order valence-corrected chi connectivity index (χ0v) is 9.63. The van der Waals surface area contributed by atoms with E-state index in [-0.39, 0.29) is 11.1 Å². The lowest BCUT2D eigenvalue weighted by atomic mass is 9.93. The van der Waals surface area contributed by atoms with Crippen LogP contribution in [-0.2, 0) is 5.41 Å². The molecule has 4 nitrogen and oxygen atoms in total. The maximum atomic E-state index is 11.0. The molecule has 0 amide bonds. The third-order valence-corrected chi connectivity index (χ3v) is 3.07. The van der Waals surface area contributed by atoms with Crippen LogP contribution in [0.1, 0.15) is 37.0 Å². The first-order chi connectivity index (χ1) is 6.91. The van der Waals surface area contributed by atoms with Crippen molar-refractivity contribution in [2.75, 3.05) is 0 Å². The van der Waals surface area contributed by atoms with Crippen molar-refractivity contribution in [2.45, 2.75) is 26.2 Å². The van der Waals surface area contributed by atoms with Gasteiger partial charge >= 0.3 is 5.97 Å². The molecule has 0 aromatic carbocycles. The summed E-state index contributed by atoms with van der Waals surface area (Å²) in [5, 5.41) is 11.0. The van der Waals surface area contributed by atoms with Crippen LogP contribution in [0, 0.1) is 0 Å². The van der Waals surface area contributed by atoms with Crippen molar-refractivity contribution in [3.63, 3.8) is 0 Å². The predicted molar refractivity (Wildman–Crippen MR) is 58.7 cm³/mol. The number of aromatic carboxylic acids is 1. The molecule has 2 rings (SSSR count). The summed E-state index contributed by atoms with van der Waals surface area (Å²) in [6.45, 7) is 6.17. The van der Waals surface area contributed by atoms with Crippen LogP contribution in [0.25, 0.3) is 4.96 Å². The van der Waals surface area contributed by atoms with E-state index in [0.717, 1.165) is 10.7 Å². The Kier molecular flexibility index (Phi) is 2.08. The van der Waals surface area contributed by atoms with Gasteiger partial charge in [0.25, 0.3) is 0 Å². The van der Waals surface area contributed by atoms with Crippen molar-refractivity contribution in [1.29, 1.82) is 0 Å². The Morgan fingerprint density at radius 1 is 1.53 bits per heavy atom. The second-order valence-electron chi connectivity index (χ2n) is 4.44. The first kappa shape index (κ1) is 10.2. The van der Waals surface area contributed by atoms with Crippen molar-refractivity contribution in [3.05, 3.63) is 23.0 Å². The number of fused-ring (bicyclic) bond motifs is 1. The van der Waals surface area contributed by atoms with Crippen LogP contribution in [-0.4, -0.2) is 20.5 Å². The van der Waals surface area contributed by atoms with Gasteiger partial charge in [-0.25, -0.2) is 9.78 Å². The summed E-state index contributed by atoms with van der Waals surface area (Å²) in [5.74, 6) is -0.939. The molecular weight excluding hydrogens is 212 g/mol. The summed E-state index contributed by atoms with van der Waals surface area (Å²) in [5.41, 5.74) is 1.14.